The van der Waals surface area contributed by atoms with Crippen LogP contribution < -0.4 is 20.9 Å². The molecule has 1 aromatic rings. The van der Waals surface area contributed by atoms with Crippen molar-refractivity contribution < 1.29 is 9.84 Å². The van der Waals surface area contributed by atoms with E-state index in [-0.39, 0.29) is 24.6 Å². The minimum absolute atomic E-state index is 0.0486. The van der Waals surface area contributed by atoms with E-state index in [2.05, 4.69) is 20.4 Å². The number of hydrazine groups is 1. The van der Waals surface area contributed by atoms with E-state index >= 15 is 0 Å². The maximum atomic E-state index is 9.31. The fourth-order valence-electron chi connectivity index (χ4n) is 2.02. The molecular formula is C10H18N6O2. The van der Waals surface area contributed by atoms with E-state index < -0.39 is 0 Å². The normalized spacial score (nSPS) is 19.1. The van der Waals surface area contributed by atoms with E-state index in [1.165, 1.54) is 0 Å². The Labute approximate surface area is 105 Å². The summed E-state index contributed by atoms with van der Waals surface area (Å²) >= 11 is 0. The Morgan fingerprint density at radius 1 is 1.50 bits per heavy atom. The number of anilines is 2. The molecule has 18 heavy (non-hydrogen) atoms. The third kappa shape index (κ3) is 2.59. The summed E-state index contributed by atoms with van der Waals surface area (Å²) < 4.78 is 5.27. The zero-order chi connectivity index (χ0) is 13.0. The predicted molar refractivity (Wildman–Crippen MR) is 66.3 cm³/mol. The van der Waals surface area contributed by atoms with Crippen molar-refractivity contribution in [2.45, 2.75) is 25.8 Å². The molecule has 0 aromatic carbocycles. The summed E-state index contributed by atoms with van der Waals surface area (Å²) in [5, 5.41) is 9.31. The van der Waals surface area contributed by atoms with Crippen molar-refractivity contribution >= 4 is 11.9 Å². The van der Waals surface area contributed by atoms with Crippen molar-refractivity contribution in [3.8, 4) is 6.01 Å². The van der Waals surface area contributed by atoms with E-state index in [9.17, 15) is 5.11 Å². The fourth-order valence-corrected chi connectivity index (χ4v) is 2.02. The summed E-state index contributed by atoms with van der Waals surface area (Å²) in [6.45, 7) is 3.22. The number of aliphatic hydroxyl groups excluding tert-OH is 1. The molecule has 0 saturated carbocycles. The SMILES string of the molecule is CCOc1nc(NN)nc(N2CCCC2CO)n1. The lowest BCUT2D eigenvalue weighted by Crippen LogP contribution is -2.34. The molecule has 1 aliphatic rings. The van der Waals surface area contributed by atoms with Crippen LogP contribution in [-0.2, 0) is 0 Å². The first-order valence-electron chi connectivity index (χ1n) is 6.01. The van der Waals surface area contributed by atoms with Crippen molar-refractivity contribution in [1.29, 1.82) is 0 Å². The van der Waals surface area contributed by atoms with Crippen LogP contribution in [0.25, 0.3) is 0 Å². The van der Waals surface area contributed by atoms with Crippen LogP contribution >= 0.6 is 0 Å². The quantitative estimate of drug-likeness (QED) is 0.477. The average Bonchev–Trinajstić information content (AvgIpc) is 2.87. The molecular weight excluding hydrogens is 236 g/mol. The van der Waals surface area contributed by atoms with Gasteiger partial charge in [-0.05, 0) is 19.8 Å². The minimum Gasteiger partial charge on any atom is -0.464 e. The van der Waals surface area contributed by atoms with E-state index in [1.54, 1.807) is 0 Å². The van der Waals surface area contributed by atoms with Gasteiger partial charge in [0.2, 0.25) is 11.9 Å². The summed E-state index contributed by atoms with van der Waals surface area (Å²) in [6.07, 6.45) is 1.93. The van der Waals surface area contributed by atoms with Crippen LogP contribution in [0.4, 0.5) is 11.9 Å². The van der Waals surface area contributed by atoms with Gasteiger partial charge >= 0.3 is 6.01 Å². The Kier molecular flexibility index (Phi) is 4.11. The lowest BCUT2D eigenvalue weighted by atomic mass is 10.2. The fraction of sp³-hybridized carbons (Fsp3) is 0.700. The number of nitrogens with two attached hydrogens (primary N) is 1. The summed E-state index contributed by atoms with van der Waals surface area (Å²) in [5.74, 6) is 6.06. The monoisotopic (exact) mass is 254 g/mol. The maximum absolute atomic E-state index is 9.31. The number of nitrogens with zero attached hydrogens (tertiary/aromatic N) is 4. The lowest BCUT2D eigenvalue weighted by molar-refractivity contribution is 0.265. The summed E-state index contributed by atoms with van der Waals surface area (Å²) in [7, 11) is 0. The lowest BCUT2D eigenvalue weighted by Gasteiger charge is -2.23. The second-order valence-corrected chi connectivity index (χ2v) is 3.99. The molecule has 4 N–H and O–H groups in total. The molecule has 2 heterocycles. The standard InChI is InChI=1S/C10H18N6O2/c1-2-18-10-13-8(15-11)12-9(14-10)16-5-3-4-7(16)6-17/h7,17H,2-6,11H2,1H3,(H,12,13,14,15). The van der Waals surface area contributed by atoms with Crippen LogP contribution in [-0.4, -0.2) is 45.9 Å². The number of ether oxygens (including phenoxy) is 1. The van der Waals surface area contributed by atoms with Gasteiger partial charge in [-0.15, -0.1) is 0 Å². The van der Waals surface area contributed by atoms with Gasteiger partial charge in [-0.1, -0.05) is 0 Å². The smallest absolute Gasteiger partial charge is 0.323 e. The molecule has 1 aliphatic heterocycles. The van der Waals surface area contributed by atoms with E-state index in [0.29, 0.717) is 12.6 Å². The number of hydrogen-bond acceptors (Lipinski definition) is 8. The highest BCUT2D eigenvalue weighted by atomic mass is 16.5. The van der Waals surface area contributed by atoms with E-state index in [0.717, 1.165) is 19.4 Å². The summed E-state index contributed by atoms with van der Waals surface area (Å²) in [5.41, 5.74) is 2.39. The van der Waals surface area contributed by atoms with Gasteiger partial charge in [0.1, 0.15) is 0 Å². The zero-order valence-electron chi connectivity index (χ0n) is 10.3. The topological polar surface area (TPSA) is 109 Å². The van der Waals surface area contributed by atoms with Crippen LogP contribution in [0.15, 0.2) is 0 Å². The predicted octanol–water partition coefficient (Wildman–Crippen LogP) is -0.483. The van der Waals surface area contributed by atoms with Crippen molar-refractivity contribution in [1.82, 2.24) is 15.0 Å². The highest BCUT2D eigenvalue weighted by Crippen LogP contribution is 2.23. The van der Waals surface area contributed by atoms with Crippen molar-refractivity contribution in [3.63, 3.8) is 0 Å². The second kappa shape index (κ2) is 5.78. The molecule has 1 unspecified atom stereocenters. The molecule has 0 bridgehead atoms. The van der Waals surface area contributed by atoms with Gasteiger partial charge in [0, 0.05) is 6.54 Å². The first-order valence-corrected chi connectivity index (χ1v) is 6.01. The minimum atomic E-state index is 0.0486. The average molecular weight is 254 g/mol. The molecule has 0 radical (unpaired) electrons. The number of nitrogens with one attached hydrogen (secondary N) is 1. The molecule has 1 saturated heterocycles. The van der Waals surface area contributed by atoms with E-state index in [1.807, 2.05) is 11.8 Å². The molecule has 0 spiro atoms. The van der Waals surface area contributed by atoms with Crippen LogP contribution in [0.1, 0.15) is 19.8 Å². The highest BCUT2D eigenvalue weighted by Gasteiger charge is 2.27. The van der Waals surface area contributed by atoms with Gasteiger partial charge in [0.15, 0.2) is 0 Å². The van der Waals surface area contributed by atoms with Gasteiger partial charge in [-0.25, -0.2) is 5.84 Å². The zero-order valence-corrected chi connectivity index (χ0v) is 10.3. The third-order valence-electron chi connectivity index (χ3n) is 2.85. The van der Waals surface area contributed by atoms with Crippen LogP contribution in [0.2, 0.25) is 0 Å². The van der Waals surface area contributed by atoms with Crippen molar-refractivity contribution in [2.75, 3.05) is 30.1 Å². The number of aliphatic hydroxyl groups is 1. The number of rotatable bonds is 5. The first-order chi connectivity index (χ1) is 8.78. The van der Waals surface area contributed by atoms with Gasteiger partial charge < -0.3 is 14.7 Å². The van der Waals surface area contributed by atoms with Gasteiger partial charge in [0.25, 0.3) is 0 Å². The van der Waals surface area contributed by atoms with Crippen LogP contribution in [0.3, 0.4) is 0 Å². The number of aromatic nitrogens is 3. The molecule has 1 atom stereocenters. The Morgan fingerprint density at radius 3 is 3.00 bits per heavy atom. The van der Waals surface area contributed by atoms with Crippen LogP contribution in [0.5, 0.6) is 6.01 Å². The Hall–Kier alpha value is -1.67. The van der Waals surface area contributed by atoms with Crippen LogP contribution in [0, 0.1) is 0 Å². The Morgan fingerprint density at radius 2 is 2.33 bits per heavy atom. The molecule has 1 aromatic heterocycles. The molecule has 2 rings (SSSR count). The first kappa shape index (κ1) is 12.8. The molecule has 8 heteroatoms. The second-order valence-electron chi connectivity index (χ2n) is 3.99. The van der Waals surface area contributed by atoms with E-state index in [4.69, 9.17) is 10.6 Å². The molecule has 0 amide bonds. The molecule has 1 fully saturated rings. The molecule has 100 valence electrons. The van der Waals surface area contributed by atoms with Gasteiger partial charge in [0.05, 0.1) is 19.3 Å². The largest absolute Gasteiger partial charge is 0.464 e. The van der Waals surface area contributed by atoms with Gasteiger partial charge in [-0.3, -0.25) is 5.43 Å². The third-order valence-corrected chi connectivity index (χ3v) is 2.85. The summed E-state index contributed by atoms with van der Waals surface area (Å²) in [6, 6.07) is 0.284. The summed E-state index contributed by atoms with van der Waals surface area (Å²) in [4.78, 5) is 14.4. The number of nitrogen functional groups attached to an aromatic ring is 1. The Bertz CT molecular complexity index is 402. The number of hydrogen-bond donors (Lipinski definition) is 3. The van der Waals surface area contributed by atoms with Crippen molar-refractivity contribution in [2.24, 2.45) is 5.84 Å². The highest BCUT2D eigenvalue weighted by molar-refractivity contribution is 5.39. The molecule has 0 aliphatic carbocycles. The molecule has 8 nitrogen and oxygen atoms in total. The van der Waals surface area contributed by atoms with Gasteiger partial charge in [-0.2, -0.15) is 15.0 Å². The van der Waals surface area contributed by atoms with Crippen molar-refractivity contribution in [3.05, 3.63) is 0 Å². The Balaban J connectivity index is 2.27. The maximum Gasteiger partial charge on any atom is 0.323 e.